The summed E-state index contributed by atoms with van der Waals surface area (Å²) >= 11 is 12.5. The monoisotopic (exact) mass is 558 g/mol. The number of fused-ring (bicyclic) bond motifs is 2. The largest absolute Gasteiger partial charge is 0.383 e. The smallest absolute Gasteiger partial charge is 0.268 e. The first-order valence-electron chi connectivity index (χ1n) is 12.8. The Bertz CT molecular complexity index is 1270. The van der Waals surface area contributed by atoms with Gasteiger partial charge < -0.3 is 16.4 Å². The van der Waals surface area contributed by atoms with Crippen LogP contribution in [-0.2, 0) is 0 Å². The molecule has 0 radical (unpaired) electrons. The van der Waals surface area contributed by atoms with Crippen LogP contribution in [0.15, 0.2) is 60.9 Å². The van der Waals surface area contributed by atoms with E-state index in [0.29, 0.717) is 16.6 Å². The summed E-state index contributed by atoms with van der Waals surface area (Å²) < 4.78 is 3.43. The number of rotatable bonds is 14. The van der Waals surface area contributed by atoms with Gasteiger partial charge in [0.05, 0.1) is 22.1 Å². The van der Waals surface area contributed by atoms with Gasteiger partial charge in [-0.3, -0.25) is 14.6 Å². The standard InChI is InChI=1S/C28H34Cl2N6O2/c1-37-35-15-9-25(23-7-5-21(29)19-27(23)35)32-12-17-34(14-4-3-11-31)18-13-33-26-10-16-36(38-2)28-20-22(30)6-8-24(26)28/h5-10,15-16,19-20H,3-4,11-14,17-18,31H2,1-2H3/p+2. The van der Waals surface area contributed by atoms with Crippen molar-refractivity contribution in [3.05, 3.63) is 71.0 Å². The zero-order chi connectivity index (χ0) is 26.9. The van der Waals surface area contributed by atoms with Gasteiger partial charge in [0.1, 0.15) is 14.2 Å². The Kier molecular flexibility index (Phi) is 10.1. The van der Waals surface area contributed by atoms with Crippen molar-refractivity contribution < 1.29 is 19.1 Å². The van der Waals surface area contributed by atoms with E-state index in [9.17, 15) is 0 Å². The van der Waals surface area contributed by atoms with E-state index in [4.69, 9.17) is 38.6 Å². The molecule has 0 aliphatic heterocycles. The molecule has 4 aromatic rings. The van der Waals surface area contributed by atoms with Gasteiger partial charge in [0, 0.05) is 70.0 Å². The van der Waals surface area contributed by atoms with E-state index >= 15 is 0 Å². The second-order valence-corrected chi connectivity index (χ2v) is 9.86. The van der Waals surface area contributed by atoms with Gasteiger partial charge in [-0.05, 0) is 50.2 Å². The summed E-state index contributed by atoms with van der Waals surface area (Å²) in [7, 11) is 3.28. The molecule has 0 aliphatic rings. The van der Waals surface area contributed by atoms with E-state index in [1.165, 1.54) is 0 Å². The fraction of sp³-hybridized carbons (Fsp3) is 0.357. The van der Waals surface area contributed by atoms with Crippen LogP contribution in [0.1, 0.15) is 12.8 Å². The number of anilines is 2. The average molecular weight is 560 g/mol. The van der Waals surface area contributed by atoms with Gasteiger partial charge >= 0.3 is 0 Å². The van der Waals surface area contributed by atoms with Crippen LogP contribution in [0.4, 0.5) is 11.4 Å². The maximum absolute atomic E-state index is 6.23. The maximum Gasteiger partial charge on any atom is 0.268 e. The summed E-state index contributed by atoms with van der Waals surface area (Å²) in [6.45, 7) is 5.10. The molecule has 2 aromatic heterocycles. The molecule has 0 atom stereocenters. The molecule has 0 fully saturated rings. The molecule has 2 aromatic carbocycles. The van der Waals surface area contributed by atoms with Crippen molar-refractivity contribution in [2.45, 2.75) is 12.8 Å². The number of unbranched alkanes of at least 4 members (excludes halogenated alkanes) is 1. The Morgan fingerprint density at radius 2 is 1.24 bits per heavy atom. The van der Waals surface area contributed by atoms with Gasteiger partial charge in [0.2, 0.25) is 12.4 Å². The van der Waals surface area contributed by atoms with Gasteiger partial charge in [0.15, 0.2) is 0 Å². The quantitative estimate of drug-likeness (QED) is 0.162. The van der Waals surface area contributed by atoms with Gasteiger partial charge in [0.25, 0.3) is 11.0 Å². The average Bonchev–Trinajstić information content (AvgIpc) is 2.92. The molecule has 38 heavy (non-hydrogen) atoms. The van der Waals surface area contributed by atoms with Crippen LogP contribution in [0.2, 0.25) is 10.0 Å². The minimum atomic E-state index is 0.672. The minimum absolute atomic E-state index is 0.672. The van der Waals surface area contributed by atoms with Crippen molar-refractivity contribution in [2.75, 3.05) is 64.1 Å². The van der Waals surface area contributed by atoms with Gasteiger partial charge in [-0.25, -0.2) is 0 Å². The van der Waals surface area contributed by atoms with Crippen LogP contribution in [0.3, 0.4) is 0 Å². The third-order valence-corrected chi connectivity index (χ3v) is 7.01. The normalized spacial score (nSPS) is 11.3. The molecule has 0 bridgehead atoms. The lowest BCUT2D eigenvalue weighted by Crippen LogP contribution is -2.41. The summed E-state index contributed by atoms with van der Waals surface area (Å²) in [4.78, 5) is 13.4. The summed E-state index contributed by atoms with van der Waals surface area (Å²) in [5.41, 5.74) is 9.68. The zero-order valence-corrected chi connectivity index (χ0v) is 23.4. The number of hydrogen-bond donors (Lipinski definition) is 3. The van der Waals surface area contributed by atoms with Crippen molar-refractivity contribution in [2.24, 2.45) is 5.73 Å². The van der Waals surface area contributed by atoms with Crippen LogP contribution in [0, 0.1) is 0 Å². The highest BCUT2D eigenvalue weighted by Crippen LogP contribution is 2.24. The van der Waals surface area contributed by atoms with Crippen LogP contribution < -0.4 is 35.5 Å². The number of pyridine rings is 2. The molecule has 202 valence electrons. The molecule has 0 saturated heterocycles. The number of nitrogens with two attached hydrogens (primary N) is 1. The first-order valence-corrected chi connectivity index (χ1v) is 13.6. The number of aromatic nitrogens is 2. The fourth-order valence-electron chi connectivity index (χ4n) is 4.59. The fourth-order valence-corrected chi connectivity index (χ4v) is 4.93. The lowest BCUT2D eigenvalue weighted by Gasteiger charge is -2.23. The third kappa shape index (κ3) is 6.88. The highest BCUT2D eigenvalue weighted by Gasteiger charge is 2.16. The molecule has 2 heterocycles. The molecule has 0 amide bonds. The number of nitrogens with zero attached hydrogens (tertiary/aromatic N) is 3. The number of nitrogens with one attached hydrogen (secondary N) is 2. The number of halogens is 2. The predicted molar refractivity (Wildman–Crippen MR) is 155 cm³/mol. The Morgan fingerprint density at radius 1 is 0.737 bits per heavy atom. The molecule has 0 spiro atoms. The van der Waals surface area contributed by atoms with Crippen molar-refractivity contribution in [1.29, 1.82) is 0 Å². The second kappa shape index (κ2) is 13.7. The Balaban J connectivity index is 1.40. The summed E-state index contributed by atoms with van der Waals surface area (Å²) in [6, 6.07) is 15.7. The molecule has 10 heteroatoms. The molecule has 0 aliphatic carbocycles. The maximum atomic E-state index is 6.23. The molecular formula is C28H36Cl2N6O2+2. The second-order valence-electron chi connectivity index (χ2n) is 8.99. The summed E-state index contributed by atoms with van der Waals surface area (Å²) in [5.74, 6) is 0. The van der Waals surface area contributed by atoms with E-state index < -0.39 is 0 Å². The van der Waals surface area contributed by atoms with Gasteiger partial charge in [-0.2, -0.15) is 0 Å². The van der Waals surface area contributed by atoms with Crippen molar-refractivity contribution in [3.8, 4) is 0 Å². The Morgan fingerprint density at radius 3 is 1.68 bits per heavy atom. The Hall–Kier alpha value is -3.04. The highest BCUT2D eigenvalue weighted by atomic mass is 35.5. The molecule has 0 saturated carbocycles. The van der Waals surface area contributed by atoms with Crippen molar-refractivity contribution in [3.63, 3.8) is 0 Å². The lowest BCUT2D eigenvalue weighted by atomic mass is 10.2. The summed E-state index contributed by atoms with van der Waals surface area (Å²) in [6.07, 6.45) is 5.88. The first kappa shape index (κ1) is 28.0. The van der Waals surface area contributed by atoms with Crippen molar-refractivity contribution in [1.82, 2.24) is 4.90 Å². The van der Waals surface area contributed by atoms with Crippen LogP contribution in [0.25, 0.3) is 21.8 Å². The molecule has 0 unspecified atom stereocenters. The van der Waals surface area contributed by atoms with E-state index in [1.807, 2.05) is 60.9 Å². The lowest BCUT2D eigenvalue weighted by molar-refractivity contribution is -0.865. The molecule has 4 N–H and O–H groups in total. The highest BCUT2D eigenvalue weighted by molar-refractivity contribution is 6.31. The third-order valence-electron chi connectivity index (χ3n) is 6.54. The van der Waals surface area contributed by atoms with Gasteiger partial charge in [-0.15, -0.1) is 0 Å². The predicted octanol–water partition coefficient (Wildman–Crippen LogP) is 3.56. The molecule has 8 nitrogen and oxygen atoms in total. The van der Waals surface area contributed by atoms with E-state index in [-0.39, 0.29) is 0 Å². The molecular weight excluding hydrogens is 523 g/mol. The van der Waals surface area contributed by atoms with E-state index in [2.05, 4.69) is 15.5 Å². The topological polar surface area (TPSA) is 79.5 Å². The Labute approximate surface area is 233 Å². The van der Waals surface area contributed by atoms with Crippen LogP contribution in [0.5, 0.6) is 0 Å². The van der Waals surface area contributed by atoms with Crippen LogP contribution >= 0.6 is 23.2 Å². The SMILES string of the molecule is CO[n+]1ccc(NCCN(CCCCN)CCNc2cc[n+](OC)c3cc(Cl)ccc23)c2ccc(Cl)cc21. The minimum Gasteiger partial charge on any atom is -0.383 e. The summed E-state index contributed by atoms with van der Waals surface area (Å²) in [5, 5.41) is 10.7. The number of hydrogen-bond acceptors (Lipinski definition) is 6. The first-order chi connectivity index (χ1) is 18.5. The van der Waals surface area contributed by atoms with Crippen molar-refractivity contribution >= 4 is 56.4 Å². The van der Waals surface area contributed by atoms with E-state index in [0.717, 1.165) is 78.7 Å². The van der Waals surface area contributed by atoms with E-state index in [1.54, 1.807) is 23.7 Å². The van der Waals surface area contributed by atoms with Crippen LogP contribution in [-0.4, -0.2) is 58.4 Å². The number of benzene rings is 2. The van der Waals surface area contributed by atoms with Gasteiger partial charge in [-0.1, -0.05) is 23.2 Å². The molecule has 4 rings (SSSR count). The zero-order valence-electron chi connectivity index (χ0n) is 21.9.